The SMILES string of the molecule is CCCCC(C)NC(=O)c1ncccc1C(=O)O. The number of unbranched alkanes of at least 4 members (excludes halogenated alkanes) is 1. The molecule has 5 nitrogen and oxygen atoms in total. The van der Waals surface area contributed by atoms with Crippen LogP contribution >= 0.6 is 0 Å². The summed E-state index contributed by atoms with van der Waals surface area (Å²) in [7, 11) is 0. The molecular formula is C13H18N2O3. The Balaban J connectivity index is 2.75. The van der Waals surface area contributed by atoms with Crippen LogP contribution in [0.15, 0.2) is 18.3 Å². The number of amides is 1. The molecule has 0 aromatic carbocycles. The van der Waals surface area contributed by atoms with Gasteiger partial charge in [-0.05, 0) is 25.5 Å². The first-order valence-corrected chi connectivity index (χ1v) is 6.05. The number of carboxylic acid groups (broad SMARTS) is 1. The molecule has 1 rings (SSSR count). The molecule has 18 heavy (non-hydrogen) atoms. The number of aromatic carboxylic acids is 1. The molecule has 1 aromatic heterocycles. The third kappa shape index (κ3) is 3.84. The van der Waals surface area contributed by atoms with E-state index in [0.717, 1.165) is 19.3 Å². The highest BCUT2D eigenvalue weighted by atomic mass is 16.4. The minimum atomic E-state index is -1.14. The normalized spacial score (nSPS) is 11.9. The van der Waals surface area contributed by atoms with E-state index in [1.54, 1.807) is 0 Å². The van der Waals surface area contributed by atoms with Crippen molar-refractivity contribution < 1.29 is 14.7 Å². The van der Waals surface area contributed by atoms with Gasteiger partial charge in [-0.15, -0.1) is 0 Å². The molecule has 0 aliphatic heterocycles. The molecule has 1 unspecified atom stereocenters. The van der Waals surface area contributed by atoms with Crippen molar-refractivity contribution in [2.24, 2.45) is 0 Å². The third-order valence-corrected chi connectivity index (χ3v) is 2.62. The van der Waals surface area contributed by atoms with Crippen LogP contribution in [0.2, 0.25) is 0 Å². The molecule has 1 heterocycles. The summed E-state index contributed by atoms with van der Waals surface area (Å²) in [6, 6.07) is 2.89. The second kappa shape index (κ2) is 6.74. The van der Waals surface area contributed by atoms with Crippen molar-refractivity contribution in [2.45, 2.75) is 39.2 Å². The van der Waals surface area contributed by atoms with Crippen molar-refractivity contribution in [2.75, 3.05) is 0 Å². The smallest absolute Gasteiger partial charge is 0.338 e. The molecule has 0 saturated carbocycles. The molecule has 98 valence electrons. The number of pyridine rings is 1. The maximum atomic E-state index is 11.9. The van der Waals surface area contributed by atoms with Crippen LogP contribution in [0.3, 0.4) is 0 Å². The van der Waals surface area contributed by atoms with Gasteiger partial charge in [0.15, 0.2) is 0 Å². The zero-order valence-electron chi connectivity index (χ0n) is 10.6. The molecule has 0 radical (unpaired) electrons. The number of nitrogens with one attached hydrogen (secondary N) is 1. The first-order valence-electron chi connectivity index (χ1n) is 6.05. The van der Waals surface area contributed by atoms with Gasteiger partial charge in [0.2, 0.25) is 0 Å². The minimum absolute atomic E-state index is 0.0149. The van der Waals surface area contributed by atoms with Crippen molar-refractivity contribution in [3.63, 3.8) is 0 Å². The summed E-state index contributed by atoms with van der Waals surface area (Å²) in [4.78, 5) is 26.7. The van der Waals surface area contributed by atoms with Gasteiger partial charge in [-0.2, -0.15) is 0 Å². The number of carbonyl (C=O) groups excluding carboxylic acids is 1. The monoisotopic (exact) mass is 250 g/mol. The van der Waals surface area contributed by atoms with Gasteiger partial charge in [-0.1, -0.05) is 19.8 Å². The summed E-state index contributed by atoms with van der Waals surface area (Å²) < 4.78 is 0. The highest BCUT2D eigenvalue weighted by Crippen LogP contribution is 2.07. The number of carbonyl (C=O) groups is 2. The Hall–Kier alpha value is -1.91. The van der Waals surface area contributed by atoms with Gasteiger partial charge < -0.3 is 10.4 Å². The lowest BCUT2D eigenvalue weighted by atomic mass is 10.1. The molecule has 0 aliphatic rings. The molecule has 2 N–H and O–H groups in total. The Labute approximate surface area is 106 Å². The fourth-order valence-electron chi connectivity index (χ4n) is 1.63. The predicted molar refractivity (Wildman–Crippen MR) is 67.6 cm³/mol. The van der Waals surface area contributed by atoms with Gasteiger partial charge in [0, 0.05) is 12.2 Å². The predicted octanol–water partition coefficient (Wildman–Crippen LogP) is 2.09. The Kier molecular flexibility index (Phi) is 5.30. The third-order valence-electron chi connectivity index (χ3n) is 2.62. The van der Waals surface area contributed by atoms with Gasteiger partial charge in [0.05, 0.1) is 5.56 Å². The molecule has 1 aromatic rings. The summed E-state index contributed by atoms with van der Waals surface area (Å²) in [6.07, 6.45) is 4.37. The van der Waals surface area contributed by atoms with E-state index in [4.69, 9.17) is 5.11 Å². The van der Waals surface area contributed by atoms with E-state index in [0.29, 0.717) is 0 Å². The van der Waals surface area contributed by atoms with Crippen LogP contribution in [-0.2, 0) is 0 Å². The highest BCUT2D eigenvalue weighted by Gasteiger charge is 2.18. The lowest BCUT2D eigenvalue weighted by molar-refractivity contribution is 0.0689. The van der Waals surface area contributed by atoms with E-state index in [-0.39, 0.29) is 17.3 Å². The molecule has 0 spiro atoms. The summed E-state index contributed by atoms with van der Waals surface area (Å²) >= 11 is 0. The molecular weight excluding hydrogens is 232 g/mol. The summed E-state index contributed by atoms with van der Waals surface area (Å²) in [6.45, 7) is 3.98. The van der Waals surface area contributed by atoms with E-state index in [1.165, 1.54) is 18.3 Å². The maximum Gasteiger partial charge on any atom is 0.338 e. The fourth-order valence-corrected chi connectivity index (χ4v) is 1.63. The lowest BCUT2D eigenvalue weighted by Gasteiger charge is -2.13. The average Bonchev–Trinajstić information content (AvgIpc) is 2.36. The quantitative estimate of drug-likeness (QED) is 0.810. The van der Waals surface area contributed by atoms with Crippen molar-refractivity contribution in [1.82, 2.24) is 10.3 Å². The Morgan fingerprint density at radius 3 is 2.83 bits per heavy atom. The first-order chi connectivity index (χ1) is 8.56. The lowest BCUT2D eigenvalue weighted by Crippen LogP contribution is -2.34. The average molecular weight is 250 g/mol. The zero-order valence-corrected chi connectivity index (χ0v) is 10.6. The van der Waals surface area contributed by atoms with Crippen LogP contribution in [0.25, 0.3) is 0 Å². The van der Waals surface area contributed by atoms with E-state index in [9.17, 15) is 9.59 Å². The Morgan fingerprint density at radius 2 is 2.22 bits per heavy atom. The van der Waals surface area contributed by atoms with Crippen molar-refractivity contribution in [3.8, 4) is 0 Å². The van der Waals surface area contributed by atoms with Crippen molar-refractivity contribution in [3.05, 3.63) is 29.6 Å². The van der Waals surface area contributed by atoms with Crippen LogP contribution in [0, 0.1) is 0 Å². The molecule has 0 saturated heterocycles. The second-order valence-corrected chi connectivity index (χ2v) is 4.22. The second-order valence-electron chi connectivity index (χ2n) is 4.22. The molecule has 1 amide bonds. The molecule has 1 atom stereocenters. The van der Waals surface area contributed by atoms with Gasteiger partial charge >= 0.3 is 5.97 Å². The molecule has 0 fully saturated rings. The highest BCUT2D eigenvalue weighted by molar-refractivity contribution is 6.03. The Bertz CT molecular complexity index is 432. The number of hydrogen-bond donors (Lipinski definition) is 2. The van der Waals surface area contributed by atoms with Crippen molar-refractivity contribution >= 4 is 11.9 Å². The van der Waals surface area contributed by atoms with E-state index in [1.807, 2.05) is 6.92 Å². The van der Waals surface area contributed by atoms with Crippen LogP contribution in [-0.4, -0.2) is 28.0 Å². The van der Waals surface area contributed by atoms with Crippen molar-refractivity contribution in [1.29, 1.82) is 0 Å². The maximum absolute atomic E-state index is 11.9. The number of carboxylic acids is 1. The van der Waals surface area contributed by atoms with Crippen LogP contribution < -0.4 is 5.32 Å². The van der Waals surface area contributed by atoms with Crippen LogP contribution in [0.4, 0.5) is 0 Å². The largest absolute Gasteiger partial charge is 0.478 e. The summed E-state index contributed by atoms with van der Waals surface area (Å²) in [5.74, 6) is -1.58. The van der Waals surface area contributed by atoms with Gasteiger partial charge in [-0.25, -0.2) is 4.79 Å². The van der Waals surface area contributed by atoms with Gasteiger partial charge in [0.1, 0.15) is 5.69 Å². The number of aromatic nitrogens is 1. The van der Waals surface area contributed by atoms with E-state index >= 15 is 0 Å². The zero-order chi connectivity index (χ0) is 13.5. The topological polar surface area (TPSA) is 79.3 Å². The van der Waals surface area contributed by atoms with E-state index < -0.39 is 11.9 Å². The fraction of sp³-hybridized carbons (Fsp3) is 0.462. The van der Waals surface area contributed by atoms with E-state index in [2.05, 4.69) is 17.2 Å². The first kappa shape index (κ1) is 14.2. The number of rotatable bonds is 6. The summed E-state index contributed by atoms with van der Waals surface area (Å²) in [5.41, 5.74) is -0.106. The standard InChI is InChI=1S/C13H18N2O3/c1-3-4-6-9(2)15-12(16)11-10(13(17)18)7-5-8-14-11/h5,7-9H,3-4,6H2,1-2H3,(H,15,16)(H,17,18). The van der Waals surface area contributed by atoms with Crippen LogP contribution in [0.5, 0.6) is 0 Å². The molecule has 0 bridgehead atoms. The molecule has 0 aliphatic carbocycles. The van der Waals surface area contributed by atoms with Gasteiger partial charge in [0.25, 0.3) is 5.91 Å². The molecule has 5 heteroatoms. The Morgan fingerprint density at radius 1 is 1.50 bits per heavy atom. The number of hydrogen-bond acceptors (Lipinski definition) is 3. The van der Waals surface area contributed by atoms with Gasteiger partial charge in [-0.3, -0.25) is 9.78 Å². The number of nitrogens with zero attached hydrogens (tertiary/aromatic N) is 1. The summed E-state index contributed by atoms with van der Waals surface area (Å²) in [5, 5.41) is 11.7. The van der Waals surface area contributed by atoms with Crippen LogP contribution in [0.1, 0.15) is 54.0 Å². The minimum Gasteiger partial charge on any atom is -0.478 e.